The predicted octanol–water partition coefficient (Wildman–Crippen LogP) is 3.48. The summed E-state index contributed by atoms with van der Waals surface area (Å²) >= 11 is 9.14. The van der Waals surface area contributed by atoms with E-state index in [0.29, 0.717) is 5.33 Å². The third kappa shape index (κ3) is 3.54. The number of ketones is 1. The van der Waals surface area contributed by atoms with Crippen molar-refractivity contribution in [3.8, 4) is 0 Å². The molecule has 1 rings (SSSR count). The van der Waals surface area contributed by atoms with Gasteiger partial charge in [-0.15, -0.1) is 0 Å². The number of benzene rings is 1. The molecule has 0 unspecified atom stereocenters. The molecule has 3 nitrogen and oxygen atoms in total. The molecule has 5 heteroatoms. The van der Waals surface area contributed by atoms with Gasteiger partial charge in [0.1, 0.15) is 0 Å². The fourth-order valence-electron chi connectivity index (χ4n) is 1.40. The number of rotatable bonds is 5. The highest BCUT2D eigenvalue weighted by Crippen LogP contribution is 2.22. The van der Waals surface area contributed by atoms with Crippen LogP contribution in [0.2, 0.25) is 5.02 Å². The molecule has 92 valence electrons. The Morgan fingerprint density at radius 1 is 1.41 bits per heavy atom. The van der Waals surface area contributed by atoms with Crippen LogP contribution >= 0.6 is 27.5 Å². The first-order chi connectivity index (χ1) is 8.11. The van der Waals surface area contributed by atoms with Crippen LogP contribution in [0.1, 0.15) is 34.1 Å². The van der Waals surface area contributed by atoms with Gasteiger partial charge in [-0.2, -0.15) is 0 Å². The van der Waals surface area contributed by atoms with Crippen molar-refractivity contribution in [1.82, 2.24) is 0 Å². The van der Waals surface area contributed by atoms with Crippen molar-refractivity contribution < 1.29 is 14.3 Å². The molecule has 0 fully saturated rings. The molecule has 1 aromatic rings. The van der Waals surface area contributed by atoms with E-state index in [1.165, 1.54) is 0 Å². The minimum absolute atomic E-state index is 0.171. The highest BCUT2D eigenvalue weighted by Gasteiger charge is 2.20. The summed E-state index contributed by atoms with van der Waals surface area (Å²) in [6.07, 6.45) is 0.288. The maximum absolute atomic E-state index is 11.9. The lowest BCUT2D eigenvalue weighted by Gasteiger charge is -2.09. The first-order valence-corrected chi connectivity index (χ1v) is 6.66. The fraction of sp³-hybridized carbons (Fsp3) is 0.333. The topological polar surface area (TPSA) is 43.4 Å². The number of ether oxygens (including phenoxy) is 1. The number of carbonyl (C=O) groups excluding carboxylic acids is 2. The third-order valence-corrected chi connectivity index (χ3v) is 2.82. The predicted molar refractivity (Wildman–Crippen MR) is 70.2 cm³/mol. The van der Waals surface area contributed by atoms with Gasteiger partial charge in [0.15, 0.2) is 5.78 Å². The molecule has 17 heavy (non-hydrogen) atoms. The van der Waals surface area contributed by atoms with E-state index >= 15 is 0 Å². The summed E-state index contributed by atoms with van der Waals surface area (Å²) in [5.74, 6) is -0.691. The molecule has 0 saturated carbocycles. The van der Waals surface area contributed by atoms with Crippen molar-refractivity contribution in [1.29, 1.82) is 0 Å². The first-order valence-electron chi connectivity index (χ1n) is 5.16. The van der Waals surface area contributed by atoms with Gasteiger partial charge < -0.3 is 4.74 Å². The monoisotopic (exact) mass is 318 g/mol. The molecule has 1 aromatic carbocycles. The van der Waals surface area contributed by atoms with Gasteiger partial charge in [-0.3, -0.25) is 4.79 Å². The van der Waals surface area contributed by atoms with Gasteiger partial charge in [0, 0.05) is 11.8 Å². The first kappa shape index (κ1) is 14.2. The van der Waals surface area contributed by atoms with Crippen LogP contribution in [-0.2, 0) is 4.74 Å². The van der Waals surface area contributed by atoms with Crippen molar-refractivity contribution in [2.75, 3.05) is 11.9 Å². The zero-order valence-electron chi connectivity index (χ0n) is 9.33. The zero-order valence-corrected chi connectivity index (χ0v) is 11.7. The maximum Gasteiger partial charge on any atom is 0.338 e. The summed E-state index contributed by atoms with van der Waals surface area (Å²) in [7, 11) is 0. The van der Waals surface area contributed by atoms with Gasteiger partial charge in [-0.25, -0.2) is 4.79 Å². The van der Waals surface area contributed by atoms with Crippen LogP contribution in [0.5, 0.6) is 0 Å². The van der Waals surface area contributed by atoms with E-state index < -0.39 is 5.97 Å². The van der Waals surface area contributed by atoms with Crippen LogP contribution in [0, 0.1) is 0 Å². The largest absolute Gasteiger partial charge is 0.462 e. The number of esters is 1. The fourth-order valence-corrected chi connectivity index (χ4v) is 2.04. The number of hydrogen-bond acceptors (Lipinski definition) is 3. The van der Waals surface area contributed by atoms with E-state index in [1.807, 2.05) is 0 Å². The number of halogens is 2. The Bertz CT molecular complexity index is 432. The molecule has 0 atom stereocenters. The van der Waals surface area contributed by atoms with E-state index in [0.717, 1.165) is 0 Å². The summed E-state index contributed by atoms with van der Waals surface area (Å²) in [6, 6.07) is 4.76. The van der Waals surface area contributed by atoms with Crippen molar-refractivity contribution in [3.63, 3.8) is 0 Å². The summed E-state index contributed by atoms with van der Waals surface area (Å²) in [6.45, 7) is 1.97. The smallest absolute Gasteiger partial charge is 0.338 e. The normalized spacial score (nSPS) is 10.1. The lowest BCUT2D eigenvalue weighted by Crippen LogP contribution is -2.12. The Balaban J connectivity index is 3.17. The third-order valence-electron chi connectivity index (χ3n) is 2.11. The van der Waals surface area contributed by atoms with Gasteiger partial charge in [0.05, 0.1) is 22.8 Å². The Kier molecular flexibility index (Phi) is 5.65. The van der Waals surface area contributed by atoms with E-state index in [9.17, 15) is 9.59 Å². The lowest BCUT2D eigenvalue weighted by molar-refractivity contribution is 0.0523. The Labute approximate surface area is 113 Å². The second-order valence-electron chi connectivity index (χ2n) is 3.25. The average molecular weight is 320 g/mol. The van der Waals surface area contributed by atoms with Gasteiger partial charge in [-0.1, -0.05) is 33.6 Å². The van der Waals surface area contributed by atoms with Crippen LogP contribution < -0.4 is 0 Å². The van der Waals surface area contributed by atoms with E-state index in [2.05, 4.69) is 15.9 Å². The second-order valence-corrected chi connectivity index (χ2v) is 4.45. The van der Waals surface area contributed by atoms with E-state index in [1.54, 1.807) is 25.1 Å². The van der Waals surface area contributed by atoms with Crippen LogP contribution in [0.25, 0.3) is 0 Å². The molecular weight excluding hydrogens is 307 g/mol. The molecule has 0 aliphatic heterocycles. The van der Waals surface area contributed by atoms with Crippen molar-refractivity contribution >= 4 is 39.3 Å². The summed E-state index contributed by atoms with van der Waals surface area (Å²) in [5.41, 5.74) is 0.470. The van der Waals surface area contributed by atoms with Gasteiger partial charge in [-0.05, 0) is 19.1 Å². The summed E-state index contributed by atoms with van der Waals surface area (Å²) < 4.78 is 4.89. The SMILES string of the molecule is CCOC(=O)c1cccc(Cl)c1C(=O)CCBr. The van der Waals surface area contributed by atoms with E-state index in [4.69, 9.17) is 16.3 Å². The van der Waals surface area contributed by atoms with Crippen molar-refractivity contribution in [3.05, 3.63) is 34.3 Å². The molecule has 0 spiro atoms. The van der Waals surface area contributed by atoms with Gasteiger partial charge in [0.25, 0.3) is 0 Å². The van der Waals surface area contributed by atoms with Crippen molar-refractivity contribution in [2.45, 2.75) is 13.3 Å². The Morgan fingerprint density at radius 3 is 2.71 bits per heavy atom. The number of hydrogen-bond donors (Lipinski definition) is 0. The molecular formula is C12H12BrClO3. The average Bonchev–Trinajstić information content (AvgIpc) is 2.29. The van der Waals surface area contributed by atoms with Crippen LogP contribution in [0.4, 0.5) is 0 Å². The Morgan fingerprint density at radius 2 is 2.12 bits per heavy atom. The molecule has 0 bridgehead atoms. The zero-order chi connectivity index (χ0) is 12.8. The number of carbonyl (C=O) groups is 2. The minimum atomic E-state index is -0.520. The van der Waals surface area contributed by atoms with Crippen LogP contribution in [0.15, 0.2) is 18.2 Å². The Hall–Kier alpha value is -0.870. The lowest BCUT2D eigenvalue weighted by atomic mass is 10.0. The van der Waals surface area contributed by atoms with E-state index in [-0.39, 0.29) is 35.0 Å². The highest BCUT2D eigenvalue weighted by atomic mass is 79.9. The highest BCUT2D eigenvalue weighted by molar-refractivity contribution is 9.09. The summed E-state index contributed by atoms with van der Waals surface area (Å²) in [4.78, 5) is 23.6. The maximum atomic E-state index is 11.9. The molecule has 0 aliphatic carbocycles. The minimum Gasteiger partial charge on any atom is -0.462 e. The molecule has 0 aromatic heterocycles. The summed E-state index contributed by atoms with van der Waals surface area (Å²) in [5, 5.41) is 0.806. The van der Waals surface area contributed by atoms with Gasteiger partial charge >= 0.3 is 5.97 Å². The molecule has 0 N–H and O–H groups in total. The van der Waals surface area contributed by atoms with Crippen LogP contribution in [-0.4, -0.2) is 23.7 Å². The second kappa shape index (κ2) is 6.77. The molecule has 0 amide bonds. The molecule has 0 heterocycles. The standard InChI is InChI=1S/C12H12BrClO3/c1-2-17-12(16)8-4-3-5-9(14)11(8)10(15)6-7-13/h3-5H,2,6-7H2,1H3. The molecule has 0 saturated heterocycles. The number of alkyl halides is 1. The quantitative estimate of drug-likeness (QED) is 0.474. The molecule has 0 aliphatic rings. The van der Waals surface area contributed by atoms with Crippen LogP contribution in [0.3, 0.4) is 0 Å². The van der Waals surface area contributed by atoms with Gasteiger partial charge in [0.2, 0.25) is 0 Å². The molecule has 0 radical (unpaired) electrons. The van der Waals surface area contributed by atoms with Crippen molar-refractivity contribution in [2.24, 2.45) is 0 Å². The number of Topliss-reactive ketones (excluding diaryl/α,β-unsaturated/α-hetero) is 1.